The van der Waals surface area contributed by atoms with Crippen LogP contribution in [0.2, 0.25) is 0 Å². The number of nitrogens with one attached hydrogen (secondary N) is 1. The summed E-state index contributed by atoms with van der Waals surface area (Å²) in [5.41, 5.74) is 3.85. The summed E-state index contributed by atoms with van der Waals surface area (Å²) in [6.07, 6.45) is 3.23. The molecule has 140 valence electrons. The van der Waals surface area contributed by atoms with E-state index in [9.17, 15) is 4.79 Å². The van der Waals surface area contributed by atoms with Gasteiger partial charge in [0.05, 0.1) is 11.8 Å². The first-order valence-corrected chi connectivity index (χ1v) is 11.1. The van der Waals surface area contributed by atoms with Crippen LogP contribution in [0.3, 0.4) is 0 Å². The molecule has 4 rings (SSSR count). The summed E-state index contributed by atoms with van der Waals surface area (Å²) in [7, 11) is 0. The first-order valence-electron chi connectivity index (χ1n) is 9.27. The van der Waals surface area contributed by atoms with Crippen molar-refractivity contribution in [3.8, 4) is 0 Å². The number of rotatable bonds is 4. The number of fused-ring (bicyclic) bond motifs is 2. The minimum absolute atomic E-state index is 0.0655. The van der Waals surface area contributed by atoms with Crippen molar-refractivity contribution in [3.05, 3.63) is 51.7 Å². The molecule has 1 aromatic carbocycles. The van der Waals surface area contributed by atoms with Crippen LogP contribution in [-0.2, 0) is 11.2 Å². The number of thiophene rings is 1. The molecule has 2 heterocycles. The molecule has 0 saturated heterocycles. The van der Waals surface area contributed by atoms with Crippen molar-refractivity contribution in [2.75, 3.05) is 5.75 Å². The molecule has 2 aromatic heterocycles. The normalized spacial score (nSPS) is 16.3. The molecule has 4 nitrogen and oxygen atoms in total. The van der Waals surface area contributed by atoms with Crippen molar-refractivity contribution in [1.82, 2.24) is 15.3 Å². The predicted molar refractivity (Wildman–Crippen MR) is 113 cm³/mol. The summed E-state index contributed by atoms with van der Waals surface area (Å²) in [6, 6.07) is 8.57. The fourth-order valence-electron chi connectivity index (χ4n) is 3.69. The van der Waals surface area contributed by atoms with Gasteiger partial charge in [0, 0.05) is 10.3 Å². The average molecular weight is 398 g/mol. The highest BCUT2D eigenvalue weighted by molar-refractivity contribution is 8.00. The van der Waals surface area contributed by atoms with Crippen LogP contribution in [0.4, 0.5) is 0 Å². The number of thioether (sulfide) groups is 1. The Hall–Kier alpha value is -1.92. The Morgan fingerprint density at radius 1 is 1.26 bits per heavy atom. The molecule has 0 fully saturated rings. The van der Waals surface area contributed by atoms with E-state index in [-0.39, 0.29) is 11.9 Å². The van der Waals surface area contributed by atoms with Crippen molar-refractivity contribution in [1.29, 1.82) is 0 Å². The van der Waals surface area contributed by atoms with E-state index in [1.807, 2.05) is 6.92 Å². The van der Waals surface area contributed by atoms with Gasteiger partial charge in [0.2, 0.25) is 5.91 Å². The molecule has 1 aliphatic carbocycles. The molecular weight excluding hydrogens is 374 g/mol. The minimum Gasteiger partial charge on any atom is -0.349 e. The number of hydrogen-bond acceptors (Lipinski definition) is 5. The Kier molecular flexibility index (Phi) is 5.19. The maximum Gasteiger partial charge on any atom is 0.230 e. The second kappa shape index (κ2) is 7.60. The molecule has 0 aliphatic heterocycles. The molecule has 1 N–H and O–H groups in total. The molecule has 6 heteroatoms. The fourth-order valence-corrected chi connectivity index (χ4v) is 5.77. The zero-order chi connectivity index (χ0) is 19.0. The number of hydrogen-bond donors (Lipinski definition) is 1. The van der Waals surface area contributed by atoms with E-state index < -0.39 is 0 Å². The Labute approximate surface area is 167 Å². The summed E-state index contributed by atoms with van der Waals surface area (Å²) >= 11 is 3.21. The molecule has 1 aliphatic rings. The lowest BCUT2D eigenvalue weighted by molar-refractivity contribution is -0.119. The molecule has 1 atom stereocenters. The minimum atomic E-state index is 0.0655. The quantitative estimate of drug-likeness (QED) is 0.502. The smallest absolute Gasteiger partial charge is 0.230 e. The van der Waals surface area contributed by atoms with Crippen molar-refractivity contribution >= 4 is 39.2 Å². The predicted octanol–water partition coefficient (Wildman–Crippen LogP) is 4.90. The van der Waals surface area contributed by atoms with Crippen molar-refractivity contribution < 1.29 is 4.79 Å². The molecule has 0 bridgehead atoms. The van der Waals surface area contributed by atoms with E-state index in [4.69, 9.17) is 0 Å². The maximum atomic E-state index is 12.6. The van der Waals surface area contributed by atoms with Gasteiger partial charge in [0.1, 0.15) is 15.7 Å². The fraction of sp³-hybridized carbons (Fsp3) is 0.381. The Morgan fingerprint density at radius 2 is 2.07 bits per heavy atom. The molecule has 27 heavy (non-hydrogen) atoms. The largest absolute Gasteiger partial charge is 0.349 e. The van der Waals surface area contributed by atoms with Gasteiger partial charge in [0.25, 0.3) is 0 Å². The van der Waals surface area contributed by atoms with Crippen molar-refractivity contribution in [2.24, 2.45) is 0 Å². The highest BCUT2D eigenvalue weighted by Gasteiger charge is 2.22. The SMILES string of the molecule is Cc1nc(SCC(=O)NC2CCCc3ccccc32)c2c(C)c(C)sc2n1. The number of benzene rings is 1. The summed E-state index contributed by atoms with van der Waals surface area (Å²) in [6.45, 7) is 6.13. The van der Waals surface area contributed by atoms with Gasteiger partial charge in [0.15, 0.2) is 0 Å². The van der Waals surface area contributed by atoms with Crippen LogP contribution in [0.15, 0.2) is 29.3 Å². The summed E-state index contributed by atoms with van der Waals surface area (Å²) < 4.78 is 0. The lowest BCUT2D eigenvalue weighted by atomic mass is 9.88. The van der Waals surface area contributed by atoms with Crippen LogP contribution in [0.5, 0.6) is 0 Å². The molecule has 1 amide bonds. The highest BCUT2D eigenvalue weighted by atomic mass is 32.2. The molecule has 0 saturated carbocycles. The summed E-state index contributed by atoms with van der Waals surface area (Å²) in [4.78, 5) is 24.1. The van der Waals surface area contributed by atoms with E-state index in [0.717, 1.165) is 40.3 Å². The highest BCUT2D eigenvalue weighted by Crippen LogP contribution is 2.35. The summed E-state index contributed by atoms with van der Waals surface area (Å²) in [5.74, 6) is 1.20. The zero-order valence-corrected chi connectivity index (χ0v) is 17.5. The van der Waals surface area contributed by atoms with Gasteiger partial charge in [-0.1, -0.05) is 36.0 Å². The first-order chi connectivity index (χ1) is 13.0. The van der Waals surface area contributed by atoms with Crippen LogP contribution in [0, 0.1) is 20.8 Å². The Morgan fingerprint density at radius 3 is 2.93 bits per heavy atom. The molecule has 0 spiro atoms. The van der Waals surface area contributed by atoms with Crippen LogP contribution in [0.1, 0.15) is 46.3 Å². The average Bonchev–Trinajstić information content (AvgIpc) is 2.94. The number of aryl methyl sites for hydroxylation is 4. The Balaban J connectivity index is 1.49. The van der Waals surface area contributed by atoms with E-state index in [2.05, 4.69) is 53.4 Å². The van der Waals surface area contributed by atoms with Crippen LogP contribution >= 0.6 is 23.1 Å². The molecule has 1 unspecified atom stereocenters. The monoisotopic (exact) mass is 397 g/mol. The number of aromatic nitrogens is 2. The second-order valence-electron chi connectivity index (χ2n) is 7.04. The number of carbonyl (C=O) groups is 1. The lowest BCUT2D eigenvalue weighted by Gasteiger charge is -2.26. The van der Waals surface area contributed by atoms with E-state index in [1.165, 1.54) is 33.3 Å². The van der Waals surface area contributed by atoms with Gasteiger partial charge < -0.3 is 5.32 Å². The lowest BCUT2D eigenvalue weighted by Crippen LogP contribution is -2.32. The second-order valence-corrected chi connectivity index (χ2v) is 9.21. The van der Waals surface area contributed by atoms with Crippen LogP contribution in [-0.4, -0.2) is 21.6 Å². The maximum absolute atomic E-state index is 12.6. The third-order valence-electron chi connectivity index (χ3n) is 5.15. The number of carbonyl (C=O) groups excluding carboxylic acids is 1. The van der Waals surface area contributed by atoms with E-state index in [1.54, 1.807) is 11.3 Å². The molecular formula is C21H23N3OS2. The van der Waals surface area contributed by atoms with Gasteiger partial charge in [-0.05, 0) is 56.7 Å². The van der Waals surface area contributed by atoms with Gasteiger partial charge in [-0.3, -0.25) is 4.79 Å². The molecule has 0 radical (unpaired) electrons. The van der Waals surface area contributed by atoms with Crippen LogP contribution in [0.25, 0.3) is 10.2 Å². The number of nitrogens with zero attached hydrogens (tertiary/aromatic N) is 2. The van der Waals surface area contributed by atoms with Gasteiger partial charge in [-0.15, -0.1) is 11.3 Å². The van der Waals surface area contributed by atoms with E-state index in [0.29, 0.717) is 5.75 Å². The van der Waals surface area contributed by atoms with Crippen molar-refractivity contribution in [3.63, 3.8) is 0 Å². The molecule has 3 aromatic rings. The zero-order valence-electron chi connectivity index (χ0n) is 15.8. The third-order valence-corrected chi connectivity index (χ3v) is 7.23. The number of amides is 1. The third kappa shape index (κ3) is 3.73. The van der Waals surface area contributed by atoms with E-state index >= 15 is 0 Å². The topological polar surface area (TPSA) is 54.9 Å². The Bertz CT molecular complexity index is 1010. The van der Waals surface area contributed by atoms with Gasteiger partial charge in [-0.25, -0.2) is 9.97 Å². The first kappa shape index (κ1) is 18.4. The van der Waals surface area contributed by atoms with Gasteiger partial charge >= 0.3 is 0 Å². The standard InChI is InChI=1S/C21H23N3OS2/c1-12-13(2)27-21-19(12)20(22-14(3)23-21)26-11-18(25)24-17-10-6-8-15-7-4-5-9-16(15)17/h4-5,7,9,17H,6,8,10-11H2,1-3H3,(H,24,25). The van der Waals surface area contributed by atoms with Crippen LogP contribution < -0.4 is 5.32 Å². The van der Waals surface area contributed by atoms with Gasteiger partial charge in [-0.2, -0.15) is 0 Å². The summed E-state index contributed by atoms with van der Waals surface area (Å²) in [5, 5.41) is 5.24. The van der Waals surface area contributed by atoms with Crippen molar-refractivity contribution in [2.45, 2.75) is 51.1 Å².